The molecule has 0 aromatic heterocycles. The lowest BCUT2D eigenvalue weighted by Gasteiger charge is -2.38. The number of hydrogen-bond donors (Lipinski definition) is 1. The summed E-state index contributed by atoms with van der Waals surface area (Å²) >= 11 is 0. The number of amides is 2. The lowest BCUT2D eigenvalue weighted by Crippen LogP contribution is -2.57. The predicted molar refractivity (Wildman–Crippen MR) is 63.9 cm³/mol. The van der Waals surface area contributed by atoms with Crippen molar-refractivity contribution in [3.8, 4) is 0 Å². The third kappa shape index (κ3) is 3.11. The molecule has 0 bridgehead atoms. The predicted octanol–water partition coefficient (Wildman–Crippen LogP) is -1.02. The van der Waals surface area contributed by atoms with Crippen LogP contribution in [-0.2, 0) is 9.47 Å². The normalized spacial score (nSPS) is 23.8. The first-order chi connectivity index (χ1) is 8.70. The van der Waals surface area contributed by atoms with E-state index in [4.69, 9.17) is 9.47 Å². The number of urea groups is 1. The Bertz CT molecular complexity index is 277. The average molecular weight is 259 g/mol. The highest BCUT2D eigenvalue weighted by molar-refractivity contribution is 5.74. The number of carbonyl (C=O) groups excluding carboxylic acids is 1. The van der Waals surface area contributed by atoms with Crippen molar-refractivity contribution in [2.75, 3.05) is 59.7 Å². The van der Waals surface area contributed by atoms with E-state index in [1.807, 2.05) is 4.90 Å². The fraction of sp³-hybridized carbons (Fsp3) is 0.909. The highest BCUT2D eigenvalue weighted by atomic mass is 16.5. The number of aliphatic hydroxyl groups is 1. The van der Waals surface area contributed by atoms with Gasteiger partial charge in [0.15, 0.2) is 6.35 Å². The molecule has 2 saturated heterocycles. The Labute approximate surface area is 107 Å². The van der Waals surface area contributed by atoms with Gasteiger partial charge in [-0.2, -0.15) is 0 Å². The maximum absolute atomic E-state index is 12.2. The third-order valence-corrected chi connectivity index (χ3v) is 3.30. The molecule has 0 spiro atoms. The van der Waals surface area contributed by atoms with Crippen LogP contribution in [0.25, 0.3) is 0 Å². The number of carbonyl (C=O) groups is 1. The van der Waals surface area contributed by atoms with Gasteiger partial charge in [-0.05, 0) is 0 Å². The quantitative estimate of drug-likeness (QED) is 0.643. The molecular formula is C11H21N3O4. The Hall–Kier alpha value is -0.890. The SMILES string of the molecule is CN(C(=O)N1CCOCC1)C(O)N1CCOCC1. The standard InChI is InChI=1S/C11H21N3O4/c1-12(10(15)13-2-6-17-7-3-13)11(16)14-4-8-18-9-5-14/h10,15H,2-9H2,1H3. The zero-order valence-electron chi connectivity index (χ0n) is 10.7. The molecule has 0 aromatic carbocycles. The highest BCUT2D eigenvalue weighted by Gasteiger charge is 2.29. The Morgan fingerprint density at radius 3 is 2.17 bits per heavy atom. The molecule has 2 rings (SSSR count). The summed E-state index contributed by atoms with van der Waals surface area (Å²) in [6.45, 7) is 4.76. The first-order valence-corrected chi connectivity index (χ1v) is 6.29. The van der Waals surface area contributed by atoms with Crippen molar-refractivity contribution in [1.82, 2.24) is 14.7 Å². The van der Waals surface area contributed by atoms with Gasteiger partial charge in [0.25, 0.3) is 0 Å². The molecule has 104 valence electrons. The monoisotopic (exact) mass is 259 g/mol. The molecule has 7 nitrogen and oxygen atoms in total. The van der Waals surface area contributed by atoms with Crippen molar-refractivity contribution in [2.45, 2.75) is 6.35 Å². The average Bonchev–Trinajstić information content (AvgIpc) is 2.47. The van der Waals surface area contributed by atoms with E-state index in [0.29, 0.717) is 52.6 Å². The van der Waals surface area contributed by atoms with Gasteiger partial charge in [-0.15, -0.1) is 0 Å². The van der Waals surface area contributed by atoms with Gasteiger partial charge in [0, 0.05) is 33.2 Å². The van der Waals surface area contributed by atoms with Crippen LogP contribution < -0.4 is 0 Å². The minimum absolute atomic E-state index is 0.155. The van der Waals surface area contributed by atoms with E-state index in [2.05, 4.69) is 0 Å². The van der Waals surface area contributed by atoms with Crippen LogP contribution in [0.15, 0.2) is 0 Å². The Balaban J connectivity index is 1.87. The summed E-state index contributed by atoms with van der Waals surface area (Å²) in [7, 11) is 1.62. The highest BCUT2D eigenvalue weighted by Crippen LogP contribution is 2.09. The van der Waals surface area contributed by atoms with Crippen LogP contribution >= 0.6 is 0 Å². The number of hydrogen-bond acceptors (Lipinski definition) is 5. The Kier molecular flexibility index (Phi) is 4.76. The van der Waals surface area contributed by atoms with Gasteiger partial charge in [0.1, 0.15) is 0 Å². The van der Waals surface area contributed by atoms with Crippen molar-refractivity contribution in [1.29, 1.82) is 0 Å². The molecule has 1 N–H and O–H groups in total. The van der Waals surface area contributed by atoms with Crippen LogP contribution in [0.4, 0.5) is 4.79 Å². The second-order valence-electron chi connectivity index (χ2n) is 4.49. The molecule has 2 amide bonds. The fourth-order valence-corrected chi connectivity index (χ4v) is 2.13. The fourth-order valence-electron chi connectivity index (χ4n) is 2.13. The van der Waals surface area contributed by atoms with Crippen LogP contribution in [0.3, 0.4) is 0 Å². The van der Waals surface area contributed by atoms with Crippen molar-refractivity contribution < 1.29 is 19.4 Å². The summed E-state index contributed by atoms with van der Waals surface area (Å²) in [4.78, 5) is 17.1. The number of ether oxygens (including phenoxy) is 2. The van der Waals surface area contributed by atoms with Crippen LogP contribution in [0, 0.1) is 0 Å². The van der Waals surface area contributed by atoms with Gasteiger partial charge >= 0.3 is 6.03 Å². The summed E-state index contributed by atoms with van der Waals surface area (Å²) in [5.41, 5.74) is 0. The second-order valence-corrected chi connectivity index (χ2v) is 4.49. The summed E-state index contributed by atoms with van der Waals surface area (Å²) in [6, 6.07) is -0.155. The van der Waals surface area contributed by atoms with E-state index in [1.165, 1.54) is 4.90 Å². The van der Waals surface area contributed by atoms with Crippen LogP contribution in [0.5, 0.6) is 0 Å². The topological polar surface area (TPSA) is 65.5 Å². The van der Waals surface area contributed by atoms with E-state index < -0.39 is 6.35 Å². The van der Waals surface area contributed by atoms with Crippen LogP contribution in [-0.4, -0.2) is 91.8 Å². The zero-order valence-corrected chi connectivity index (χ0v) is 10.7. The van der Waals surface area contributed by atoms with Crippen molar-refractivity contribution in [3.63, 3.8) is 0 Å². The van der Waals surface area contributed by atoms with Gasteiger partial charge < -0.3 is 19.5 Å². The van der Waals surface area contributed by atoms with E-state index in [9.17, 15) is 9.90 Å². The number of nitrogens with zero attached hydrogens (tertiary/aromatic N) is 3. The van der Waals surface area contributed by atoms with E-state index in [0.717, 1.165) is 0 Å². The summed E-state index contributed by atoms with van der Waals surface area (Å²) in [5.74, 6) is 0. The van der Waals surface area contributed by atoms with Crippen LogP contribution in [0.2, 0.25) is 0 Å². The summed E-state index contributed by atoms with van der Waals surface area (Å²) < 4.78 is 10.4. The van der Waals surface area contributed by atoms with E-state index in [-0.39, 0.29) is 6.03 Å². The molecule has 2 fully saturated rings. The third-order valence-electron chi connectivity index (χ3n) is 3.30. The molecule has 0 saturated carbocycles. The summed E-state index contributed by atoms with van der Waals surface area (Å²) in [5, 5.41) is 10.2. The van der Waals surface area contributed by atoms with Gasteiger partial charge in [-0.25, -0.2) is 4.79 Å². The Morgan fingerprint density at radius 2 is 1.61 bits per heavy atom. The lowest BCUT2D eigenvalue weighted by molar-refractivity contribution is -0.119. The number of morpholine rings is 2. The maximum Gasteiger partial charge on any atom is 0.323 e. The van der Waals surface area contributed by atoms with Crippen molar-refractivity contribution in [3.05, 3.63) is 0 Å². The molecule has 1 atom stereocenters. The Morgan fingerprint density at radius 1 is 1.11 bits per heavy atom. The molecule has 2 aliphatic rings. The molecule has 1 unspecified atom stereocenters. The molecule has 0 aliphatic carbocycles. The minimum Gasteiger partial charge on any atom is -0.379 e. The first kappa shape index (κ1) is 13.5. The molecule has 0 aromatic rings. The zero-order chi connectivity index (χ0) is 13.0. The lowest BCUT2D eigenvalue weighted by atomic mass is 10.4. The van der Waals surface area contributed by atoms with Crippen molar-refractivity contribution >= 4 is 6.03 Å². The molecule has 0 radical (unpaired) electrons. The molecule has 7 heteroatoms. The second kappa shape index (κ2) is 6.33. The van der Waals surface area contributed by atoms with Gasteiger partial charge in [-0.1, -0.05) is 0 Å². The van der Waals surface area contributed by atoms with Crippen molar-refractivity contribution in [2.24, 2.45) is 0 Å². The number of rotatable bonds is 2. The molecule has 2 aliphatic heterocycles. The summed E-state index contributed by atoms with van der Waals surface area (Å²) in [6.07, 6.45) is -0.885. The van der Waals surface area contributed by atoms with E-state index in [1.54, 1.807) is 11.9 Å². The maximum atomic E-state index is 12.2. The number of aliphatic hydroxyl groups excluding tert-OH is 1. The van der Waals surface area contributed by atoms with Crippen LogP contribution in [0.1, 0.15) is 0 Å². The minimum atomic E-state index is -0.885. The van der Waals surface area contributed by atoms with Gasteiger partial charge in [0.2, 0.25) is 0 Å². The van der Waals surface area contributed by atoms with Gasteiger partial charge in [-0.3, -0.25) is 9.80 Å². The molecular weight excluding hydrogens is 238 g/mol. The molecule has 18 heavy (non-hydrogen) atoms. The van der Waals surface area contributed by atoms with Gasteiger partial charge in [0.05, 0.1) is 26.4 Å². The molecule has 2 heterocycles. The van der Waals surface area contributed by atoms with E-state index >= 15 is 0 Å². The first-order valence-electron chi connectivity index (χ1n) is 6.29. The smallest absolute Gasteiger partial charge is 0.323 e. The largest absolute Gasteiger partial charge is 0.379 e.